The third-order valence-corrected chi connectivity index (χ3v) is 4.52. The second-order valence-electron chi connectivity index (χ2n) is 5.49. The Labute approximate surface area is 150 Å². The van der Waals surface area contributed by atoms with Crippen LogP contribution in [0.25, 0.3) is 6.08 Å². The molecule has 25 heavy (non-hydrogen) atoms. The van der Waals surface area contributed by atoms with Crippen LogP contribution in [0.15, 0.2) is 66.1 Å². The number of hydrogen-bond acceptors (Lipinski definition) is 4. The summed E-state index contributed by atoms with van der Waals surface area (Å²) in [5.74, 6) is 0.321. The van der Waals surface area contributed by atoms with Crippen molar-refractivity contribution in [2.24, 2.45) is 0 Å². The summed E-state index contributed by atoms with van der Waals surface area (Å²) in [5.41, 5.74) is 2.39. The molecule has 0 saturated carbocycles. The Hall–Kier alpha value is -2.79. The SMILES string of the molecule is C=CCOc1ccccc1/C=C1\SC(=O)N(c2ccc(C)cc2)C1=O. The number of thioether (sulfide) groups is 1. The molecule has 1 aliphatic heterocycles. The molecule has 1 fully saturated rings. The maximum atomic E-state index is 12.7. The summed E-state index contributed by atoms with van der Waals surface area (Å²) >= 11 is 0.931. The van der Waals surface area contributed by atoms with Crippen molar-refractivity contribution in [3.63, 3.8) is 0 Å². The Morgan fingerprint density at radius 3 is 2.56 bits per heavy atom. The van der Waals surface area contributed by atoms with E-state index in [1.54, 1.807) is 24.3 Å². The van der Waals surface area contributed by atoms with Gasteiger partial charge in [0.1, 0.15) is 12.4 Å². The van der Waals surface area contributed by atoms with E-state index in [0.717, 1.165) is 22.9 Å². The van der Waals surface area contributed by atoms with Crippen molar-refractivity contribution in [2.75, 3.05) is 11.5 Å². The number of nitrogens with zero attached hydrogens (tertiary/aromatic N) is 1. The van der Waals surface area contributed by atoms with Gasteiger partial charge in [0, 0.05) is 5.56 Å². The highest BCUT2D eigenvalue weighted by atomic mass is 32.2. The molecule has 0 N–H and O–H groups in total. The number of aryl methyl sites for hydroxylation is 1. The average molecular weight is 351 g/mol. The number of hydrogen-bond donors (Lipinski definition) is 0. The Bertz CT molecular complexity index is 855. The van der Waals surface area contributed by atoms with E-state index in [1.165, 1.54) is 4.90 Å². The third-order valence-electron chi connectivity index (χ3n) is 3.65. The van der Waals surface area contributed by atoms with Gasteiger partial charge in [0.05, 0.1) is 10.6 Å². The number of carbonyl (C=O) groups is 2. The van der Waals surface area contributed by atoms with E-state index < -0.39 is 0 Å². The maximum absolute atomic E-state index is 12.7. The van der Waals surface area contributed by atoms with Gasteiger partial charge in [0.15, 0.2) is 0 Å². The van der Waals surface area contributed by atoms with Gasteiger partial charge in [-0.1, -0.05) is 48.6 Å². The molecule has 0 spiro atoms. The predicted molar refractivity (Wildman–Crippen MR) is 102 cm³/mol. The number of ether oxygens (including phenoxy) is 1. The normalized spacial score (nSPS) is 15.7. The summed E-state index contributed by atoms with van der Waals surface area (Å²) < 4.78 is 5.60. The number of benzene rings is 2. The molecule has 2 aromatic carbocycles. The van der Waals surface area contributed by atoms with E-state index in [-0.39, 0.29) is 11.1 Å². The molecular formula is C20H17NO3S. The zero-order chi connectivity index (χ0) is 17.8. The van der Waals surface area contributed by atoms with Crippen LogP contribution in [0.1, 0.15) is 11.1 Å². The van der Waals surface area contributed by atoms with Crippen molar-refractivity contribution in [1.29, 1.82) is 0 Å². The molecule has 1 heterocycles. The minimum atomic E-state index is -0.322. The molecule has 3 rings (SSSR count). The fraction of sp³-hybridized carbons (Fsp3) is 0.100. The number of carbonyl (C=O) groups excluding carboxylic acids is 2. The van der Waals surface area contributed by atoms with Crippen LogP contribution in [-0.2, 0) is 4.79 Å². The highest BCUT2D eigenvalue weighted by Gasteiger charge is 2.36. The van der Waals surface area contributed by atoms with E-state index in [4.69, 9.17) is 4.74 Å². The molecular weight excluding hydrogens is 334 g/mol. The molecule has 0 aromatic heterocycles. The van der Waals surface area contributed by atoms with Gasteiger partial charge in [-0.3, -0.25) is 9.59 Å². The summed E-state index contributed by atoms with van der Waals surface area (Å²) in [6, 6.07) is 14.7. The quantitative estimate of drug-likeness (QED) is 0.573. The summed E-state index contributed by atoms with van der Waals surface area (Å²) in [5, 5.41) is -0.301. The topological polar surface area (TPSA) is 46.6 Å². The van der Waals surface area contributed by atoms with Gasteiger partial charge >= 0.3 is 0 Å². The maximum Gasteiger partial charge on any atom is 0.298 e. The molecule has 1 aliphatic rings. The molecule has 126 valence electrons. The van der Waals surface area contributed by atoms with Crippen LogP contribution >= 0.6 is 11.8 Å². The second-order valence-corrected chi connectivity index (χ2v) is 6.48. The van der Waals surface area contributed by atoms with Crippen molar-refractivity contribution >= 4 is 34.7 Å². The van der Waals surface area contributed by atoms with Gasteiger partial charge in [-0.2, -0.15) is 0 Å². The summed E-state index contributed by atoms with van der Waals surface area (Å²) in [4.78, 5) is 26.6. The summed E-state index contributed by atoms with van der Waals surface area (Å²) in [7, 11) is 0. The van der Waals surface area contributed by atoms with Gasteiger partial charge in [0.2, 0.25) is 0 Å². The Morgan fingerprint density at radius 2 is 1.84 bits per heavy atom. The lowest BCUT2D eigenvalue weighted by Gasteiger charge is -2.12. The number of amides is 2. The minimum Gasteiger partial charge on any atom is -0.489 e. The van der Waals surface area contributed by atoms with Crippen LogP contribution in [0.2, 0.25) is 0 Å². The minimum absolute atomic E-state index is 0.301. The first-order valence-corrected chi connectivity index (χ1v) is 8.59. The number of rotatable bonds is 5. The van der Waals surface area contributed by atoms with Crippen LogP contribution < -0.4 is 9.64 Å². The molecule has 0 atom stereocenters. The molecule has 0 aliphatic carbocycles. The summed E-state index contributed by atoms with van der Waals surface area (Å²) in [6.45, 7) is 5.96. The Kier molecular flexibility index (Phi) is 5.05. The molecule has 5 heteroatoms. The zero-order valence-corrected chi connectivity index (χ0v) is 14.6. The number of anilines is 1. The van der Waals surface area contributed by atoms with Crippen LogP contribution in [0.4, 0.5) is 10.5 Å². The fourth-order valence-corrected chi connectivity index (χ4v) is 3.24. The van der Waals surface area contributed by atoms with Crippen molar-refractivity contribution in [3.05, 3.63) is 77.2 Å². The lowest BCUT2D eigenvalue weighted by atomic mass is 10.1. The largest absolute Gasteiger partial charge is 0.489 e. The van der Waals surface area contributed by atoms with E-state index in [9.17, 15) is 9.59 Å². The molecule has 4 nitrogen and oxygen atoms in total. The monoisotopic (exact) mass is 351 g/mol. The van der Waals surface area contributed by atoms with Gasteiger partial charge < -0.3 is 4.74 Å². The standard InChI is InChI=1S/C20H17NO3S/c1-3-12-24-17-7-5-4-6-15(17)13-18-19(22)21(20(23)25-18)16-10-8-14(2)9-11-16/h3-11,13H,1,12H2,2H3/b18-13-. The van der Waals surface area contributed by atoms with Crippen LogP contribution in [0.5, 0.6) is 5.75 Å². The van der Waals surface area contributed by atoms with Crippen molar-refractivity contribution in [1.82, 2.24) is 0 Å². The van der Waals surface area contributed by atoms with E-state index in [1.807, 2.05) is 43.3 Å². The fourth-order valence-electron chi connectivity index (χ4n) is 2.41. The average Bonchev–Trinajstić information content (AvgIpc) is 2.89. The van der Waals surface area contributed by atoms with Crippen molar-refractivity contribution < 1.29 is 14.3 Å². The van der Waals surface area contributed by atoms with Gasteiger partial charge in [-0.15, -0.1) is 0 Å². The number of imide groups is 1. The van der Waals surface area contributed by atoms with E-state index in [2.05, 4.69) is 6.58 Å². The molecule has 0 radical (unpaired) electrons. The highest BCUT2D eigenvalue weighted by Crippen LogP contribution is 2.36. The Balaban J connectivity index is 1.91. The second kappa shape index (κ2) is 7.40. The molecule has 0 bridgehead atoms. The first kappa shape index (κ1) is 17.0. The number of para-hydroxylation sites is 1. The first-order chi connectivity index (χ1) is 12.1. The lowest BCUT2D eigenvalue weighted by Crippen LogP contribution is -2.27. The lowest BCUT2D eigenvalue weighted by molar-refractivity contribution is -0.113. The predicted octanol–water partition coefficient (Wildman–Crippen LogP) is 4.80. The van der Waals surface area contributed by atoms with Crippen molar-refractivity contribution in [3.8, 4) is 5.75 Å². The highest BCUT2D eigenvalue weighted by molar-refractivity contribution is 8.19. The Morgan fingerprint density at radius 1 is 1.12 bits per heavy atom. The summed E-state index contributed by atoms with van der Waals surface area (Å²) in [6.07, 6.45) is 3.35. The van der Waals surface area contributed by atoms with Crippen LogP contribution in [0.3, 0.4) is 0 Å². The first-order valence-electron chi connectivity index (χ1n) is 7.77. The van der Waals surface area contributed by atoms with Crippen LogP contribution in [-0.4, -0.2) is 17.8 Å². The van der Waals surface area contributed by atoms with Gasteiger partial charge in [-0.05, 0) is 43.0 Å². The smallest absolute Gasteiger partial charge is 0.298 e. The van der Waals surface area contributed by atoms with Gasteiger partial charge in [-0.25, -0.2) is 4.90 Å². The molecule has 2 aromatic rings. The molecule has 1 saturated heterocycles. The molecule has 2 amide bonds. The zero-order valence-electron chi connectivity index (χ0n) is 13.8. The molecule has 0 unspecified atom stereocenters. The van der Waals surface area contributed by atoms with E-state index in [0.29, 0.717) is 22.9 Å². The van der Waals surface area contributed by atoms with Crippen LogP contribution in [0, 0.1) is 6.92 Å². The van der Waals surface area contributed by atoms with E-state index >= 15 is 0 Å². The third kappa shape index (κ3) is 3.67. The van der Waals surface area contributed by atoms with Crippen molar-refractivity contribution in [2.45, 2.75) is 6.92 Å². The van der Waals surface area contributed by atoms with Gasteiger partial charge in [0.25, 0.3) is 11.1 Å².